The van der Waals surface area contributed by atoms with Crippen molar-refractivity contribution in [2.45, 2.75) is 69.4 Å². The summed E-state index contributed by atoms with van der Waals surface area (Å²) in [6.45, 7) is 6.67. The number of hydrogen-bond acceptors (Lipinski definition) is 15. The topological polar surface area (TPSA) is 188 Å². The summed E-state index contributed by atoms with van der Waals surface area (Å²) in [4.78, 5) is 59.4. The summed E-state index contributed by atoms with van der Waals surface area (Å²) in [6, 6.07) is -0.829. The number of ether oxygens (including phenoxy) is 2. The van der Waals surface area contributed by atoms with Crippen LogP contribution in [0.4, 0.5) is 5.13 Å². The van der Waals surface area contributed by atoms with Crippen LogP contribution in [0.2, 0.25) is 0 Å². The Hall–Kier alpha value is -3.22. The number of β-lactam (4-membered cyclic amide) rings is 1. The molecule has 3 N–H and O–H groups in total. The minimum Gasteiger partial charge on any atom is -0.425 e. The largest absolute Gasteiger partial charge is 0.425 e. The van der Waals surface area contributed by atoms with Crippen molar-refractivity contribution in [1.82, 2.24) is 40.3 Å². The number of hydrogen-bond donors (Lipinski definition) is 2. The number of carbonyl (C=O) groups is 4. The van der Waals surface area contributed by atoms with Crippen LogP contribution in [0.15, 0.2) is 21.8 Å². The van der Waals surface area contributed by atoms with Crippen molar-refractivity contribution in [2.75, 3.05) is 37.9 Å². The summed E-state index contributed by atoms with van der Waals surface area (Å²) in [5.74, 6) is -1.27. The lowest BCUT2D eigenvalue weighted by atomic mass is 10.0. The molecule has 15 nitrogen and oxygen atoms in total. The minimum absolute atomic E-state index is 0.0242. The monoisotopic (exact) mass is 667 g/mol. The molecule has 4 rings (SSSR count). The Morgan fingerprint density at radius 3 is 2.73 bits per heavy atom. The second-order valence-corrected chi connectivity index (χ2v) is 13.7. The maximum absolute atomic E-state index is 13.6. The highest BCUT2D eigenvalue weighted by Crippen LogP contribution is 2.42. The molecule has 0 bridgehead atoms. The summed E-state index contributed by atoms with van der Waals surface area (Å²) in [5.41, 5.74) is 6.88. The van der Waals surface area contributed by atoms with Gasteiger partial charge in [-0.15, -0.1) is 28.2 Å². The average Bonchev–Trinajstić information content (AvgIpc) is 3.60. The maximum Gasteiger partial charge on any atom is 0.358 e. The van der Waals surface area contributed by atoms with Crippen molar-refractivity contribution in [3.63, 3.8) is 0 Å². The SMILES string of the molecule is CCC(C)CC(=O)OC(C)OC(=O)C1=C(CSc2nnnn2CCN(C)C)CS[C@@H]2[C@H](NC(=O)Cc3csc(N)n3)C(=O)N12. The van der Waals surface area contributed by atoms with Gasteiger partial charge in [0, 0.05) is 36.8 Å². The summed E-state index contributed by atoms with van der Waals surface area (Å²) in [5, 5.41) is 16.8. The maximum atomic E-state index is 13.6. The number of thiazole rings is 1. The van der Waals surface area contributed by atoms with Gasteiger partial charge in [0.2, 0.25) is 17.4 Å². The van der Waals surface area contributed by atoms with Gasteiger partial charge >= 0.3 is 11.9 Å². The third-order valence-electron chi connectivity index (χ3n) is 6.88. The van der Waals surface area contributed by atoms with E-state index < -0.39 is 35.6 Å². The molecular weight excluding hydrogens is 631 g/mol. The predicted octanol–water partition coefficient (Wildman–Crippen LogP) is 1.13. The van der Waals surface area contributed by atoms with Gasteiger partial charge in [0.15, 0.2) is 5.13 Å². The van der Waals surface area contributed by atoms with Gasteiger partial charge in [-0.05, 0) is 36.0 Å². The van der Waals surface area contributed by atoms with Crippen LogP contribution in [-0.4, -0.2) is 109 Å². The lowest BCUT2D eigenvalue weighted by Gasteiger charge is -2.49. The Morgan fingerprint density at radius 1 is 1.27 bits per heavy atom. The van der Waals surface area contributed by atoms with Gasteiger partial charge in [-0.25, -0.2) is 14.5 Å². The van der Waals surface area contributed by atoms with E-state index in [1.165, 1.54) is 46.7 Å². The number of esters is 2. The zero-order valence-electron chi connectivity index (χ0n) is 25.2. The fourth-order valence-electron chi connectivity index (χ4n) is 4.35. The molecule has 2 aliphatic heterocycles. The molecule has 0 radical (unpaired) electrons. The fraction of sp³-hybridized carbons (Fsp3) is 0.615. The number of fused-ring (bicyclic) bond motifs is 1. The van der Waals surface area contributed by atoms with E-state index in [-0.39, 0.29) is 30.4 Å². The van der Waals surface area contributed by atoms with Crippen molar-refractivity contribution in [1.29, 1.82) is 0 Å². The summed E-state index contributed by atoms with van der Waals surface area (Å²) in [6.07, 6.45) is -0.182. The van der Waals surface area contributed by atoms with E-state index in [1.807, 2.05) is 32.8 Å². The molecule has 240 valence electrons. The number of thioether (sulfide) groups is 2. The smallest absolute Gasteiger partial charge is 0.358 e. The van der Waals surface area contributed by atoms with Gasteiger partial charge in [-0.1, -0.05) is 32.0 Å². The second-order valence-electron chi connectivity index (χ2n) is 10.7. The van der Waals surface area contributed by atoms with Gasteiger partial charge in [-0.2, -0.15) is 0 Å². The minimum atomic E-state index is -1.16. The van der Waals surface area contributed by atoms with Crippen LogP contribution in [0.5, 0.6) is 0 Å². The Bertz CT molecular complexity index is 1400. The van der Waals surface area contributed by atoms with E-state index in [2.05, 4.69) is 25.8 Å². The molecule has 1 saturated heterocycles. The molecule has 0 saturated carbocycles. The molecule has 0 aromatic carbocycles. The first kappa shape index (κ1) is 33.7. The highest BCUT2D eigenvalue weighted by Gasteiger charge is 2.54. The number of nitrogens with zero attached hydrogens (tertiary/aromatic N) is 7. The molecule has 2 amide bonds. The van der Waals surface area contributed by atoms with Gasteiger partial charge in [0.05, 0.1) is 18.7 Å². The fourth-order valence-corrected chi connectivity index (χ4v) is 7.31. The van der Waals surface area contributed by atoms with Crippen LogP contribution < -0.4 is 11.1 Å². The van der Waals surface area contributed by atoms with Crippen LogP contribution in [0.25, 0.3) is 0 Å². The zero-order chi connectivity index (χ0) is 32.0. The second kappa shape index (κ2) is 15.2. The highest BCUT2D eigenvalue weighted by atomic mass is 32.2. The number of nitrogen functional groups attached to an aromatic ring is 1. The molecule has 0 aliphatic carbocycles. The van der Waals surface area contributed by atoms with Crippen LogP contribution in [-0.2, 0) is 41.6 Å². The number of amides is 2. The quantitative estimate of drug-likeness (QED) is 0.119. The molecule has 1 fully saturated rings. The van der Waals surface area contributed by atoms with Crippen LogP contribution in [0.1, 0.15) is 39.3 Å². The molecule has 18 heteroatoms. The van der Waals surface area contributed by atoms with E-state index >= 15 is 0 Å². The number of likely N-dealkylation sites (N-methyl/N-ethyl adjacent to an activating group) is 1. The molecule has 44 heavy (non-hydrogen) atoms. The Labute approximate surface area is 267 Å². The number of rotatable bonds is 15. The van der Waals surface area contributed by atoms with Crippen molar-refractivity contribution in [3.05, 3.63) is 22.3 Å². The summed E-state index contributed by atoms with van der Waals surface area (Å²) in [7, 11) is 3.90. The molecule has 2 aromatic rings. The Balaban J connectivity index is 1.49. The molecule has 2 unspecified atom stereocenters. The van der Waals surface area contributed by atoms with Crippen molar-refractivity contribution in [2.24, 2.45) is 5.92 Å². The number of carbonyl (C=O) groups excluding carboxylic acids is 4. The van der Waals surface area contributed by atoms with E-state index in [1.54, 1.807) is 10.1 Å². The first-order valence-electron chi connectivity index (χ1n) is 14.1. The van der Waals surface area contributed by atoms with Gasteiger partial charge in [-0.3, -0.25) is 19.3 Å². The van der Waals surface area contributed by atoms with E-state index in [9.17, 15) is 19.2 Å². The lowest BCUT2D eigenvalue weighted by Crippen LogP contribution is -2.70. The predicted molar refractivity (Wildman–Crippen MR) is 165 cm³/mol. The van der Waals surface area contributed by atoms with Crippen LogP contribution in [0, 0.1) is 5.92 Å². The van der Waals surface area contributed by atoms with Gasteiger partial charge in [0.25, 0.3) is 5.91 Å². The molecule has 2 aromatic heterocycles. The molecular formula is C26H37N9O6S3. The van der Waals surface area contributed by atoms with Crippen molar-refractivity contribution in [3.8, 4) is 0 Å². The van der Waals surface area contributed by atoms with E-state index in [0.717, 1.165) is 13.0 Å². The molecule has 0 spiro atoms. The number of nitrogens with one attached hydrogen (secondary N) is 1. The molecule has 2 aliphatic rings. The Kier molecular flexibility index (Phi) is 11.6. The van der Waals surface area contributed by atoms with Gasteiger partial charge < -0.3 is 25.4 Å². The van der Waals surface area contributed by atoms with Gasteiger partial charge in [0.1, 0.15) is 17.1 Å². The van der Waals surface area contributed by atoms with Crippen LogP contribution in [0.3, 0.4) is 0 Å². The van der Waals surface area contributed by atoms with E-state index in [0.29, 0.717) is 39.6 Å². The lowest BCUT2D eigenvalue weighted by molar-refractivity contribution is -0.184. The summed E-state index contributed by atoms with van der Waals surface area (Å²) < 4.78 is 12.5. The standard InChI is InChI=1S/C26H37N9O6S3/c1-6-14(2)9-19(37)40-15(3)41-24(39)21-16(12-44-26-30-31-32-34(26)8-7-33(4)5)11-42-23-20(22(38)35(21)23)29-18(36)10-17-13-43-25(27)28-17/h13-15,20,23H,6-12H2,1-5H3,(H2,27,28)(H,29,36)/t14?,15?,20-,23-/m1/s1. The van der Waals surface area contributed by atoms with Crippen LogP contribution >= 0.6 is 34.9 Å². The molecule has 4 heterocycles. The zero-order valence-corrected chi connectivity index (χ0v) is 27.7. The van der Waals surface area contributed by atoms with E-state index in [4.69, 9.17) is 15.2 Å². The van der Waals surface area contributed by atoms with Crippen molar-refractivity contribution < 1.29 is 28.7 Å². The molecule has 4 atom stereocenters. The first-order valence-corrected chi connectivity index (χ1v) is 17.0. The highest BCUT2D eigenvalue weighted by molar-refractivity contribution is 8.01. The number of tetrazole rings is 1. The third kappa shape index (κ3) is 8.48. The number of anilines is 1. The Morgan fingerprint density at radius 2 is 2.05 bits per heavy atom. The average molecular weight is 668 g/mol. The first-order chi connectivity index (χ1) is 21.0. The van der Waals surface area contributed by atoms with Crippen molar-refractivity contribution >= 4 is 63.7 Å². The number of aromatic nitrogens is 5. The normalized spacial score (nSPS) is 19.3. The third-order valence-corrected chi connectivity index (χ3v) is 9.99. The summed E-state index contributed by atoms with van der Waals surface area (Å²) >= 11 is 3.99. The number of nitrogens with two attached hydrogens (primary N) is 1.